The van der Waals surface area contributed by atoms with E-state index >= 15 is 0 Å². The standard InChI is InChI=1S/C12H12F4/c1-4-7-9(13)11(15)8(5-6(2)3)12(16)10(7)14/h4,6H,1,5H2,2-3H3. The molecule has 0 amide bonds. The molecule has 0 heterocycles. The summed E-state index contributed by atoms with van der Waals surface area (Å²) >= 11 is 0. The van der Waals surface area contributed by atoms with Crippen molar-refractivity contribution in [1.29, 1.82) is 0 Å². The van der Waals surface area contributed by atoms with E-state index in [1.165, 1.54) is 0 Å². The van der Waals surface area contributed by atoms with Crippen molar-refractivity contribution < 1.29 is 17.6 Å². The van der Waals surface area contributed by atoms with Gasteiger partial charge in [-0.2, -0.15) is 0 Å². The maximum absolute atomic E-state index is 13.4. The number of hydrogen-bond acceptors (Lipinski definition) is 0. The lowest BCUT2D eigenvalue weighted by Gasteiger charge is -2.11. The summed E-state index contributed by atoms with van der Waals surface area (Å²) in [6.45, 7) is 6.52. The van der Waals surface area contributed by atoms with Crippen LogP contribution in [0.2, 0.25) is 0 Å². The summed E-state index contributed by atoms with van der Waals surface area (Å²) in [5.74, 6) is -5.53. The first-order chi connectivity index (χ1) is 7.40. The molecule has 0 N–H and O–H groups in total. The molecule has 0 aliphatic carbocycles. The average Bonchev–Trinajstić information content (AvgIpc) is 2.22. The zero-order valence-corrected chi connectivity index (χ0v) is 9.08. The van der Waals surface area contributed by atoms with Gasteiger partial charge in [0.15, 0.2) is 23.3 Å². The summed E-state index contributed by atoms with van der Waals surface area (Å²) < 4.78 is 53.4. The van der Waals surface area contributed by atoms with Crippen LogP contribution < -0.4 is 0 Å². The predicted octanol–water partition coefficient (Wildman–Crippen LogP) is 4.08. The van der Waals surface area contributed by atoms with E-state index in [1.54, 1.807) is 13.8 Å². The summed E-state index contributed by atoms with van der Waals surface area (Å²) in [4.78, 5) is 0. The molecular weight excluding hydrogens is 220 g/mol. The molecule has 0 nitrogen and oxygen atoms in total. The van der Waals surface area contributed by atoms with Crippen molar-refractivity contribution in [3.63, 3.8) is 0 Å². The van der Waals surface area contributed by atoms with Gasteiger partial charge < -0.3 is 0 Å². The number of benzene rings is 1. The summed E-state index contributed by atoms with van der Waals surface area (Å²) in [5, 5.41) is 0. The van der Waals surface area contributed by atoms with Crippen molar-refractivity contribution in [1.82, 2.24) is 0 Å². The van der Waals surface area contributed by atoms with Gasteiger partial charge in [0.05, 0.1) is 5.56 Å². The molecule has 0 aliphatic heterocycles. The number of halogens is 4. The molecule has 0 saturated carbocycles. The van der Waals surface area contributed by atoms with Crippen LogP contribution in [0.1, 0.15) is 25.0 Å². The third kappa shape index (κ3) is 2.10. The Labute approximate surface area is 91.6 Å². The van der Waals surface area contributed by atoms with Crippen LogP contribution in [-0.4, -0.2) is 0 Å². The van der Waals surface area contributed by atoms with Crippen molar-refractivity contribution in [3.8, 4) is 0 Å². The van der Waals surface area contributed by atoms with Crippen LogP contribution in [0.25, 0.3) is 6.08 Å². The second-order valence-electron chi connectivity index (χ2n) is 3.95. The minimum Gasteiger partial charge on any atom is -0.203 e. The van der Waals surface area contributed by atoms with E-state index < -0.39 is 34.4 Å². The minimum absolute atomic E-state index is 0.0526. The first-order valence-electron chi connectivity index (χ1n) is 4.87. The Bertz CT molecular complexity index is 393. The molecule has 1 rings (SSSR count). The lowest BCUT2D eigenvalue weighted by atomic mass is 9.99. The van der Waals surface area contributed by atoms with Gasteiger partial charge in [0.25, 0.3) is 0 Å². The average molecular weight is 232 g/mol. The molecule has 16 heavy (non-hydrogen) atoms. The molecule has 0 bridgehead atoms. The van der Waals surface area contributed by atoms with Crippen LogP contribution in [0, 0.1) is 29.2 Å². The van der Waals surface area contributed by atoms with Gasteiger partial charge in [0, 0.05) is 5.56 Å². The van der Waals surface area contributed by atoms with Gasteiger partial charge in [-0.05, 0) is 12.3 Å². The van der Waals surface area contributed by atoms with Crippen LogP contribution in [0.3, 0.4) is 0 Å². The molecule has 0 atom stereocenters. The second kappa shape index (κ2) is 4.68. The zero-order chi connectivity index (χ0) is 12.5. The fourth-order valence-corrected chi connectivity index (χ4v) is 1.46. The fourth-order valence-electron chi connectivity index (χ4n) is 1.46. The highest BCUT2D eigenvalue weighted by Crippen LogP contribution is 2.26. The van der Waals surface area contributed by atoms with E-state index in [4.69, 9.17) is 0 Å². The fraction of sp³-hybridized carbons (Fsp3) is 0.333. The molecule has 0 radical (unpaired) electrons. The van der Waals surface area contributed by atoms with E-state index in [-0.39, 0.29) is 12.3 Å². The van der Waals surface area contributed by atoms with Crippen molar-refractivity contribution >= 4 is 6.08 Å². The Kier molecular flexibility index (Phi) is 3.73. The summed E-state index contributed by atoms with van der Waals surface area (Å²) in [7, 11) is 0. The van der Waals surface area contributed by atoms with Crippen LogP contribution in [0.5, 0.6) is 0 Å². The molecule has 0 aromatic heterocycles. The van der Waals surface area contributed by atoms with Gasteiger partial charge in [0.2, 0.25) is 0 Å². The second-order valence-corrected chi connectivity index (χ2v) is 3.95. The summed E-state index contributed by atoms with van der Waals surface area (Å²) in [6.07, 6.45) is 0.707. The molecular formula is C12H12F4. The van der Waals surface area contributed by atoms with E-state index in [9.17, 15) is 17.6 Å². The largest absolute Gasteiger partial charge is 0.203 e. The van der Waals surface area contributed by atoms with Gasteiger partial charge in [-0.15, -0.1) is 0 Å². The Morgan fingerprint density at radius 2 is 1.44 bits per heavy atom. The highest BCUT2D eigenvalue weighted by Gasteiger charge is 2.23. The highest BCUT2D eigenvalue weighted by atomic mass is 19.2. The van der Waals surface area contributed by atoms with E-state index in [0.29, 0.717) is 0 Å². The SMILES string of the molecule is C=Cc1c(F)c(F)c(CC(C)C)c(F)c1F. The molecule has 0 fully saturated rings. The lowest BCUT2D eigenvalue weighted by Crippen LogP contribution is -2.08. The normalized spacial score (nSPS) is 10.9. The Morgan fingerprint density at radius 3 is 1.75 bits per heavy atom. The van der Waals surface area contributed by atoms with Crippen molar-refractivity contribution in [3.05, 3.63) is 41.0 Å². The van der Waals surface area contributed by atoms with Gasteiger partial charge in [-0.3, -0.25) is 0 Å². The Morgan fingerprint density at radius 1 is 1.00 bits per heavy atom. The smallest absolute Gasteiger partial charge is 0.169 e. The summed E-state index contributed by atoms with van der Waals surface area (Å²) in [5.41, 5.74) is -1.31. The molecule has 0 saturated heterocycles. The molecule has 88 valence electrons. The van der Waals surface area contributed by atoms with Gasteiger partial charge in [0.1, 0.15) is 0 Å². The highest BCUT2D eigenvalue weighted by molar-refractivity contribution is 5.50. The number of rotatable bonds is 3. The predicted molar refractivity (Wildman–Crippen MR) is 54.9 cm³/mol. The molecule has 1 aromatic carbocycles. The maximum Gasteiger partial charge on any atom is 0.169 e. The molecule has 0 aliphatic rings. The van der Waals surface area contributed by atoms with E-state index in [0.717, 1.165) is 6.08 Å². The van der Waals surface area contributed by atoms with Crippen LogP contribution in [-0.2, 0) is 6.42 Å². The first kappa shape index (κ1) is 12.7. The molecule has 0 spiro atoms. The van der Waals surface area contributed by atoms with Crippen LogP contribution in [0.4, 0.5) is 17.6 Å². The van der Waals surface area contributed by atoms with Crippen molar-refractivity contribution in [2.24, 2.45) is 5.92 Å². The number of hydrogen-bond donors (Lipinski definition) is 0. The lowest BCUT2D eigenvalue weighted by molar-refractivity contribution is 0.427. The Hall–Kier alpha value is -1.32. The summed E-state index contributed by atoms with van der Waals surface area (Å²) in [6, 6.07) is 0. The molecule has 4 heteroatoms. The van der Waals surface area contributed by atoms with Crippen LogP contribution >= 0.6 is 0 Å². The molecule has 0 unspecified atom stereocenters. The molecule has 1 aromatic rings. The van der Waals surface area contributed by atoms with Gasteiger partial charge in [-0.1, -0.05) is 26.5 Å². The van der Waals surface area contributed by atoms with Crippen LogP contribution in [0.15, 0.2) is 6.58 Å². The van der Waals surface area contributed by atoms with Gasteiger partial charge >= 0.3 is 0 Å². The zero-order valence-electron chi connectivity index (χ0n) is 9.08. The van der Waals surface area contributed by atoms with Crippen molar-refractivity contribution in [2.75, 3.05) is 0 Å². The van der Waals surface area contributed by atoms with Gasteiger partial charge in [-0.25, -0.2) is 17.6 Å². The Balaban J connectivity index is 3.47. The van der Waals surface area contributed by atoms with Crippen molar-refractivity contribution in [2.45, 2.75) is 20.3 Å². The van der Waals surface area contributed by atoms with E-state index in [2.05, 4.69) is 6.58 Å². The van der Waals surface area contributed by atoms with E-state index in [1.807, 2.05) is 0 Å². The third-order valence-corrected chi connectivity index (χ3v) is 2.20. The quantitative estimate of drug-likeness (QED) is 0.544. The topological polar surface area (TPSA) is 0 Å². The monoisotopic (exact) mass is 232 g/mol. The third-order valence-electron chi connectivity index (χ3n) is 2.20. The first-order valence-corrected chi connectivity index (χ1v) is 4.87. The minimum atomic E-state index is -1.38. The maximum atomic E-state index is 13.4.